The molecule has 3 atom stereocenters. The van der Waals surface area contributed by atoms with Crippen LogP contribution in [0.1, 0.15) is 32.1 Å². The minimum absolute atomic E-state index is 0.0270. The van der Waals surface area contributed by atoms with E-state index < -0.39 is 6.10 Å². The van der Waals surface area contributed by atoms with Crippen molar-refractivity contribution in [2.45, 2.75) is 56.3 Å². The molecule has 6 heteroatoms. The number of hydrogen-bond acceptors (Lipinski definition) is 4. The van der Waals surface area contributed by atoms with E-state index in [1.54, 1.807) is 12.1 Å². The average Bonchev–Trinajstić information content (AvgIpc) is 2.92. The number of hydrogen-bond donors (Lipinski definition) is 2. The van der Waals surface area contributed by atoms with Crippen molar-refractivity contribution >= 4 is 17.5 Å². The SMILES string of the molecule is CN(C(=O)CC1Oc2ccccc2NC1=O)C1CC2CCC(C1)N2. The topological polar surface area (TPSA) is 70.7 Å². The third kappa shape index (κ3) is 2.86. The Bertz CT molecular complexity index is 651. The van der Waals surface area contributed by atoms with E-state index in [2.05, 4.69) is 10.6 Å². The number of para-hydroxylation sites is 2. The van der Waals surface area contributed by atoms with Gasteiger partial charge in [0, 0.05) is 25.2 Å². The number of anilines is 1. The number of carbonyl (C=O) groups excluding carboxylic acids is 2. The Morgan fingerprint density at radius 3 is 2.71 bits per heavy atom. The standard InChI is InChI=1S/C18H23N3O3/c1-21(13-8-11-6-7-12(9-13)19-11)17(22)10-16-18(23)20-14-4-2-3-5-15(14)24-16/h2-5,11-13,16,19H,6-10H2,1H3,(H,20,23). The highest BCUT2D eigenvalue weighted by molar-refractivity contribution is 5.99. The molecule has 0 radical (unpaired) electrons. The minimum atomic E-state index is -0.756. The highest BCUT2D eigenvalue weighted by Gasteiger charge is 2.38. The van der Waals surface area contributed by atoms with E-state index in [4.69, 9.17) is 4.74 Å². The van der Waals surface area contributed by atoms with Crippen LogP contribution >= 0.6 is 0 Å². The molecule has 0 aliphatic carbocycles. The summed E-state index contributed by atoms with van der Waals surface area (Å²) in [6, 6.07) is 8.62. The molecule has 6 nitrogen and oxygen atoms in total. The largest absolute Gasteiger partial charge is 0.478 e. The van der Waals surface area contributed by atoms with Crippen LogP contribution in [0.5, 0.6) is 5.75 Å². The summed E-state index contributed by atoms with van der Waals surface area (Å²) in [5, 5.41) is 6.40. The zero-order valence-electron chi connectivity index (χ0n) is 13.8. The van der Waals surface area contributed by atoms with Crippen LogP contribution in [0.4, 0.5) is 5.69 Å². The van der Waals surface area contributed by atoms with Gasteiger partial charge in [-0.1, -0.05) is 12.1 Å². The molecule has 0 aromatic heterocycles. The Labute approximate surface area is 141 Å². The van der Waals surface area contributed by atoms with Crippen molar-refractivity contribution in [3.63, 3.8) is 0 Å². The van der Waals surface area contributed by atoms with Gasteiger partial charge in [-0.3, -0.25) is 9.59 Å². The molecule has 2 bridgehead atoms. The fourth-order valence-electron chi connectivity index (χ4n) is 4.08. The Morgan fingerprint density at radius 2 is 1.96 bits per heavy atom. The molecule has 2 fully saturated rings. The van der Waals surface area contributed by atoms with Gasteiger partial charge in [-0.25, -0.2) is 0 Å². The van der Waals surface area contributed by atoms with Crippen LogP contribution in [0.3, 0.4) is 0 Å². The summed E-state index contributed by atoms with van der Waals surface area (Å²) in [4.78, 5) is 26.7. The lowest BCUT2D eigenvalue weighted by Gasteiger charge is -2.36. The van der Waals surface area contributed by atoms with E-state index in [0.717, 1.165) is 12.8 Å². The number of nitrogens with one attached hydrogen (secondary N) is 2. The second-order valence-electron chi connectivity index (χ2n) is 7.06. The predicted molar refractivity (Wildman–Crippen MR) is 89.8 cm³/mol. The van der Waals surface area contributed by atoms with Crippen molar-refractivity contribution in [3.05, 3.63) is 24.3 Å². The number of nitrogens with zero attached hydrogens (tertiary/aromatic N) is 1. The third-order valence-corrected chi connectivity index (χ3v) is 5.46. The number of fused-ring (bicyclic) bond motifs is 3. The van der Waals surface area contributed by atoms with Crippen molar-refractivity contribution in [1.29, 1.82) is 0 Å². The molecular weight excluding hydrogens is 306 g/mol. The summed E-state index contributed by atoms with van der Waals surface area (Å²) < 4.78 is 5.74. The minimum Gasteiger partial charge on any atom is -0.478 e. The van der Waals surface area contributed by atoms with E-state index in [-0.39, 0.29) is 24.3 Å². The molecule has 2 N–H and O–H groups in total. The van der Waals surface area contributed by atoms with Crippen LogP contribution in [0, 0.1) is 0 Å². The second kappa shape index (κ2) is 6.09. The third-order valence-electron chi connectivity index (χ3n) is 5.46. The first kappa shape index (κ1) is 15.4. The Kier molecular flexibility index (Phi) is 3.92. The summed E-state index contributed by atoms with van der Waals surface area (Å²) in [6.07, 6.45) is 3.73. The predicted octanol–water partition coefficient (Wildman–Crippen LogP) is 1.52. The summed E-state index contributed by atoms with van der Waals surface area (Å²) in [7, 11) is 1.85. The Morgan fingerprint density at radius 1 is 1.25 bits per heavy atom. The van der Waals surface area contributed by atoms with Gasteiger partial charge >= 0.3 is 0 Å². The molecule has 128 valence electrons. The van der Waals surface area contributed by atoms with Crippen LogP contribution < -0.4 is 15.4 Å². The number of carbonyl (C=O) groups is 2. The van der Waals surface area contributed by atoms with Crippen molar-refractivity contribution in [1.82, 2.24) is 10.2 Å². The molecule has 3 aliphatic rings. The summed E-state index contributed by atoms with van der Waals surface area (Å²) >= 11 is 0. The van der Waals surface area contributed by atoms with E-state index >= 15 is 0 Å². The molecule has 1 aromatic rings. The molecule has 3 unspecified atom stereocenters. The highest BCUT2D eigenvalue weighted by atomic mass is 16.5. The number of benzene rings is 1. The lowest BCUT2D eigenvalue weighted by atomic mass is 9.98. The molecule has 0 spiro atoms. The molecule has 3 heterocycles. The monoisotopic (exact) mass is 329 g/mol. The van der Waals surface area contributed by atoms with E-state index in [1.807, 2.05) is 24.1 Å². The van der Waals surface area contributed by atoms with Gasteiger partial charge in [-0.05, 0) is 37.8 Å². The Hall–Kier alpha value is -2.08. The first-order chi connectivity index (χ1) is 11.6. The molecule has 24 heavy (non-hydrogen) atoms. The van der Waals surface area contributed by atoms with Gasteiger partial charge in [0.2, 0.25) is 5.91 Å². The van der Waals surface area contributed by atoms with E-state index in [1.165, 1.54) is 12.8 Å². The summed E-state index contributed by atoms with van der Waals surface area (Å²) in [5.74, 6) is 0.346. The normalized spacial score (nSPS) is 31.0. The van der Waals surface area contributed by atoms with E-state index in [9.17, 15) is 9.59 Å². The van der Waals surface area contributed by atoms with Crippen LogP contribution in [0.2, 0.25) is 0 Å². The zero-order valence-corrected chi connectivity index (χ0v) is 13.8. The molecule has 3 aliphatic heterocycles. The van der Waals surface area contributed by atoms with Crippen molar-refractivity contribution < 1.29 is 14.3 Å². The quantitative estimate of drug-likeness (QED) is 0.882. The van der Waals surface area contributed by atoms with Gasteiger partial charge in [0.1, 0.15) is 5.75 Å². The van der Waals surface area contributed by atoms with Crippen LogP contribution in [0.25, 0.3) is 0 Å². The molecule has 4 rings (SSSR count). The second-order valence-corrected chi connectivity index (χ2v) is 7.06. The van der Waals surface area contributed by atoms with Gasteiger partial charge < -0.3 is 20.3 Å². The van der Waals surface area contributed by atoms with Gasteiger partial charge in [-0.15, -0.1) is 0 Å². The first-order valence-corrected chi connectivity index (χ1v) is 8.68. The first-order valence-electron chi connectivity index (χ1n) is 8.68. The lowest BCUT2D eigenvalue weighted by Crippen LogP contribution is -2.50. The maximum atomic E-state index is 12.6. The molecule has 1 aromatic carbocycles. The maximum Gasteiger partial charge on any atom is 0.266 e. The molecular formula is C18H23N3O3. The van der Waals surface area contributed by atoms with Crippen LogP contribution in [-0.4, -0.2) is 48.0 Å². The number of piperidine rings is 1. The van der Waals surface area contributed by atoms with Crippen molar-refractivity contribution in [3.8, 4) is 5.75 Å². The number of amides is 2. The molecule has 2 amide bonds. The van der Waals surface area contributed by atoms with Gasteiger partial charge in [0.15, 0.2) is 6.10 Å². The van der Waals surface area contributed by atoms with Crippen LogP contribution in [0.15, 0.2) is 24.3 Å². The van der Waals surface area contributed by atoms with Gasteiger partial charge in [0.05, 0.1) is 12.1 Å². The van der Waals surface area contributed by atoms with E-state index in [0.29, 0.717) is 23.5 Å². The maximum absolute atomic E-state index is 12.6. The zero-order chi connectivity index (χ0) is 16.7. The van der Waals surface area contributed by atoms with Gasteiger partial charge in [-0.2, -0.15) is 0 Å². The van der Waals surface area contributed by atoms with Crippen molar-refractivity contribution in [2.75, 3.05) is 12.4 Å². The van der Waals surface area contributed by atoms with Crippen LogP contribution in [-0.2, 0) is 9.59 Å². The number of ether oxygens (including phenoxy) is 1. The molecule has 2 saturated heterocycles. The Balaban J connectivity index is 1.40. The highest BCUT2D eigenvalue weighted by Crippen LogP contribution is 2.31. The fraction of sp³-hybridized carbons (Fsp3) is 0.556. The van der Waals surface area contributed by atoms with Crippen molar-refractivity contribution in [2.24, 2.45) is 0 Å². The summed E-state index contributed by atoms with van der Waals surface area (Å²) in [5.41, 5.74) is 0.662. The smallest absolute Gasteiger partial charge is 0.266 e. The van der Waals surface area contributed by atoms with Gasteiger partial charge in [0.25, 0.3) is 5.91 Å². The lowest BCUT2D eigenvalue weighted by molar-refractivity contribution is -0.138. The summed E-state index contributed by atoms with van der Waals surface area (Å²) in [6.45, 7) is 0. The molecule has 0 saturated carbocycles. The number of rotatable bonds is 3. The fourth-order valence-corrected chi connectivity index (χ4v) is 4.08. The average molecular weight is 329 g/mol.